The van der Waals surface area contributed by atoms with E-state index in [4.69, 9.17) is 4.74 Å². The largest absolute Gasteiger partial charge is 0.390 e. The molecule has 0 spiro atoms. The van der Waals surface area contributed by atoms with Crippen LogP contribution in [-0.2, 0) is 11.3 Å². The average Bonchev–Trinajstić information content (AvgIpc) is 2.73. The summed E-state index contributed by atoms with van der Waals surface area (Å²) in [5.41, 5.74) is 5.07. The van der Waals surface area contributed by atoms with Gasteiger partial charge in [-0.05, 0) is 38.5 Å². The fourth-order valence-electron chi connectivity index (χ4n) is 3.35. The van der Waals surface area contributed by atoms with Crippen molar-refractivity contribution in [3.63, 3.8) is 0 Å². The molecule has 1 aliphatic heterocycles. The molecule has 1 aromatic heterocycles. The van der Waals surface area contributed by atoms with Crippen LogP contribution in [0, 0.1) is 20.8 Å². The Morgan fingerprint density at radius 1 is 1.13 bits per heavy atom. The lowest BCUT2D eigenvalue weighted by atomic mass is 10.1. The summed E-state index contributed by atoms with van der Waals surface area (Å²) in [5, 5.41) is 11.8. The van der Waals surface area contributed by atoms with Crippen LogP contribution in [0.2, 0.25) is 0 Å². The number of rotatable bonds is 4. The van der Waals surface area contributed by atoms with Gasteiger partial charge in [0.15, 0.2) is 0 Å². The summed E-state index contributed by atoms with van der Waals surface area (Å²) in [6.45, 7) is 11.2. The molecule has 0 bridgehead atoms. The maximum absolute atomic E-state index is 10.5. The molecule has 0 saturated carbocycles. The number of nitrogens with zero attached hydrogens (tertiary/aromatic N) is 2. The molecule has 1 fully saturated rings. The minimum absolute atomic E-state index is 0. The summed E-state index contributed by atoms with van der Waals surface area (Å²) in [7, 11) is 0. The number of ether oxygens (including phenoxy) is 1. The van der Waals surface area contributed by atoms with Gasteiger partial charge in [0.25, 0.3) is 0 Å². The van der Waals surface area contributed by atoms with E-state index in [0.29, 0.717) is 13.1 Å². The SMILES string of the molecule is Cc1ccc2c(c1)c(C)c(C)n2CC(O)CN1CCOCC1.Cl. The summed E-state index contributed by atoms with van der Waals surface area (Å²) >= 11 is 0. The number of fused-ring (bicyclic) bond motifs is 1. The van der Waals surface area contributed by atoms with Crippen LogP contribution in [0.4, 0.5) is 0 Å². The quantitative estimate of drug-likeness (QED) is 0.931. The topological polar surface area (TPSA) is 37.6 Å². The normalized spacial score (nSPS) is 17.2. The van der Waals surface area contributed by atoms with E-state index in [-0.39, 0.29) is 18.5 Å². The fourth-order valence-corrected chi connectivity index (χ4v) is 3.35. The number of aryl methyl sites for hydroxylation is 2. The number of morpholine rings is 1. The Hall–Kier alpha value is -1.07. The van der Waals surface area contributed by atoms with Gasteiger partial charge in [-0.1, -0.05) is 11.6 Å². The van der Waals surface area contributed by atoms with Crippen molar-refractivity contribution >= 4 is 23.3 Å². The van der Waals surface area contributed by atoms with Gasteiger partial charge >= 0.3 is 0 Å². The van der Waals surface area contributed by atoms with Crippen LogP contribution >= 0.6 is 12.4 Å². The first kappa shape index (κ1) is 18.3. The molecule has 0 amide bonds. The predicted molar refractivity (Wildman–Crippen MR) is 96.7 cm³/mol. The molecule has 1 atom stereocenters. The maximum Gasteiger partial charge on any atom is 0.0845 e. The highest BCUT2D eigenvalue weighted by Crippen LogP contribution is 2.26. The third-order valence-corrected chi connectivity index (χ3v) is 4.76. The van der Waals surface area contributed by atoms with Gasteiger partial charge in [-0.3, -0.25) is 4.90 Å². The molecule has 4 nitrogen and oxygen atoms in total. The van der Waals surface area contributed by atoms with Gasteiger partial charge in [-0.2, -0.15) is 0 Å². The average molecular weight is 339 g/mol. The van der Waals surface area contributed by atoms with Gasteiger partial charge < -0.3 is 14.4 Å². The molecule has 0 aliphatic carbocycles. The van der Waals surface area contributed by atoms with Crippen molar-refractivity contribution in [3.8, 4) is 0 Å². The predicted octanol–water partition coefficient (Wildman–Crippen LogP) is 2.68. The molecule has 2 heterocycles. The molecule has 1 saturated heterocycles. The number of hydrogen-bond donors (Lipinski definition) is 1. The Bertz CT molecular complexity index is 663. The number of halogens is 1. The Morgan fingerprint density at radius 3 is 2.52 bits per heavy atom. The van der Waals surface area contributed by atoms with E-state index >= 15 is 0 Å². The van der Waals surface area contributed by atoms with Crippen molar-refractivity contribution in [2.24, 2.45) is 0 Å². The maximum atomic E-state index is 10.5. The molecule has 0 radical (unpaired) electrons. The minimum atomic E-state index is -0.354. The third kappa shape index (κ3) is 3.89. The van der Waals surface area contributed by atoms with Gasteiger partial charge in [0, 0.05) is 36.2 Å². The summed E-state index contributed by atoms with van der Waals surface area (Å²) in [4.78, 5) is 2.28. The van der Waals surface area contributed by atoms with E-state index in [1.165, 1.54) is 27.7 Å². The Morgan fingerprint density at radius 2 is 1.83 bits per heavy atom. The van der Waals surface area contributed by atoms with Crippen LogP contribution in [0.1, 0.15) is 16.8 Å². The summed E-state index contributed by atoms with van der Waals surface area (Å²) in [5.74, 6) is 0. The molecule has 5 heteroatoms. The lowest BCUT2D eigenvalue weighted by Gasteiger charge is -2.29. The second-order valence-electron chi connectivity index (χ2n) is 6.41. The van der Waals surface area contributed by atoms with Gasteiger partial charge in [0.05, 0.1) is 25.9 Å². The van der Waals surface area contributed by atoms with Crippen LogP contribution in [0.25, 0.3) is 10.9 Å². The Balaban J connectivity index is 0.00000192. The minimum Gasteiger partial charge on any atom is -0.390 e. The third-order valence-electron chi connectivity index (χ3n) is 4.76. The van der Waals surface area contributed by atoms with Crippen LogP contribution in [0.5, 0.6) is 0 Å². The smallest absolute Gasteiger partial charge is 0.0845 e. The molecule has 3 rings (SSSR count). The second-order valence-corrected chi connectivity index (χ2v) is 6.41. The van der Waals surface area contributed by atoms with Crippen molar-refractivity contribution in [3.05, 3.63) is 35.0 Å². The fraction of sp³-hybridized carbons (Fsp3) is 0.556. The van der Waals surface area contributed by atoms with Gasteiger partial charge in [0.1, 0.15) is 0 Å². The van der Waals surface area contributed by atoms with Crippen molar-refractivity contribution < 1.29 is 9.84 Å². The molecule has 128 valence electrons. The molecular formula is C18H27ClN2O2. The monoisotopic (exact) mass is 338 g/mol. The van der Waals surface area contributed by atoms with Crippen molar-refractivity contribution in [1.29, 1.82) is 0 Å². The van der Waals surface area contributed by atoms with Gasteiger partial charge in [0.2, 0.25) is 0 Å². The first-order chi connectivity index (χ1) is 10.6. The van der Waals surface area contributed by atoms with Gasteiger partial charge in [-0.25, -0.2) is 0 Å². The Kier molecular flexibility index (Phi) is 6.09. The number of aliphatic hydroxyl groups is 1. The summed E-state index contributed by atoms with van der Waals surface area (Å²) in [6, 6.07) is 6.56. The molecule has 1 aromatic carbocycles. The molecule has 1 aliphatic rings. The van der Waals surface area contributed by atoms with E-state index in [9.17, 15) is 5.11 Å². The molecule has 2 aromatic rings. The molecule has 1 unspecified atom stereocenters. The highest BCUT2D eigenvalue weighted by molar-refractivity contribution is 5.86. The van der Waals surface area contributed by atoms with Gasteiger partial charge in [-0.15, -0.1) is 12.4 Å². The highest BCUT2D eigenvalue weighted by atomic mass is 35.5. The summed E-state index contributed by atoms with van der Waals surface area (Å²) < 4.78 is 7.62. The van der Waals surface area contributed by atoms with Crippen LogP contribution in [0.3, 0.4) is 0 Å². The van der Waals surface area contributed by atoms with Crippen molar-refractivity contribution in [1.82, 2.24) is 9.47 Å². The first-order valence-corrected chi connectivity index (χ1v) is 8.10. The van der Waals surface area contributed by atoms with Crippen LogP contribution in [-0.4, -0.2) is 53.5 Å². The van der Waals surface area contributed by atoms with Crippen LogP contribution < -0.4 is 0 Å². The molecular weight excluding hydrogens is 312 g/mol. The second kappa shape index (κ2) is 7.67. The number of benzene rings is 1. The highest BCUT2D eigenvalue weighted by Gasteiger charge is 2.18. The van der Waals surface area contributed by atoms with E-state index in [2.05, 4.69) is 48.4 Å². The van der Waals surface area contributed by atoms with E-state index in [1.807, 2.05) is 0 Å². The number of aromatic nitrogens is 1. The zero-order valence-electron chi connectivity index (χ0n) is 14.2. The van der Waals surface area contributed by atoms with Crippen molar-refractivity contribution in [2.45, 2.75) is 33.4 Å². The number of hydrogen-bond acceptors (Lipinski definition) is 3. The van der Waals surface area contributed by atoms with E-state index in [0.717, 1.165) is 26.3 Å². The number of aliphatic hydroxyl groups excluding tert-OH is 1. The summed E-state index contributed by atoms with van der Waals surface area (Å²) in [6.07, 6.45) is -0.354. The number of β-amino-alcohol motifs (C(OH)–C–C–N with tert-alkyl or cyclic N) is 1. The zero-order valence-corrected chi connectivity index (χ0v) is 15.0. The zero-order chi connectivity index (χ0) is 15.7. The standard InChI is InChI=1S/C18H26N2O2.ClH/c1-13-4-5-18-17(10-13)14(2)15(3)20(18)12-16(21)11-19-6-8-22-9-7-19;/h4-5,10,16,21H,6-9,11-12H2,1-3H3;1H. The van der Waals surface area contributed by atoms with E-state index < -0.39 is 0 Å². The lowest BCUT2D eigenvalue weighted by molar-refractivity contribution is 0.0116. The Labute approximate surface area is 144 Å². The van der Waals surface area contributed by atoms with E-state index in [1.54, 1.807) is 0 Å². The van der Waals surface area contributed by atoms with Crippen LogP contribution in [0.15, 0.2) is 18.2 Å². The lowest BCUT2D eigenvalue weighted by Crippen LogP contribution is -2.42. The molecule has 1 N–H and O–H groups in total. The van der Waals surface area contributed by atoms with Crippen molar-refractivity contribution in [2.75, 3.05) is 32.8 Å². The first-order valence-electron chi connectivity index (χ1n) is 8.10. The molecule has 23 heavy (non-hydrogen) atoms.